The lowest BCUT2D eigenvalue weighted by Gasteiger charge is -2.35. The van der Waals surface area contributed by atoms with Crippen LogP contribution in [0.5, 0.6) is 5.75 Å². The summed E-state index contributed by atoms with van der Waals surface area (Å²) in [5.74, 6) is 0.887. The Labute approximate surface area is 115 Å². The lowest BCUT2D eigenvalue weighted by molar-refractivity contribution is -0.0392. The van der Waals surface area contributed by atoms with Crippen molar-refractivity contribution in [2.75, 3.05) is 32.8 Å². The Morgan fingerprint density at radius 3 is 2.74 bits per heavy atom. The van der Waals surface area contributed by atoms with E-state index in [9.17, 15) is 0 Å². The summed E-state index contributed by atoms with van der Waals surface area (Å²) >= 11 is 0. The molecule has 0 amide bonds. The van der Waals surface area contributed by atoms with Crippen LogP contribution in [-0.4, -0.2) is 43.9 Å². The quantitative estimate of drug-likeness (QED) is 0.881. The Morgan fingerprint density at radius 1 is 1.37 bits per heavy atom. The second-order valence-electron chi connectivity index (χ2n) is 4.83. The molecule has 0 spiro atoms. The summed E-state index contributed by atoms with van der Waals surface area (Å²) in [5, 5.41) is 0. The van der Waals surface area contributed by atoms with Crippen molar-refractivity contribution < 1.29 is 9.47 Å². The number of nitrogens with two attached hydrogens (primary N) is 1. The highest BCUT2D eigenvalue weighted by molar-refractivity contribution is 5.29. The first kappa shape index (κ1) is 14.3. The van der Waals surface area contributed by atoms with Gasteiger partial charge in [-0.3, -0.25) is 4.90 Å². The summed E-state index contributed by atoms with van der Waals surface area (Å²) in [6, 6.07) is 7.93. The van der Waals surface area contributed by atoms with Gasteiger partial charge in [-0.05, 0) is 31.2 Å². The van der Waals surface area contributed by atoms with Crippen LogP contribution in [0.25, 0.3) is 0 Å². The third kappa shape index (κ3) is 3.69. The van der Waals surface area contributed by atoms with Gasteiger partial charge in [0.1, 0.15) is 5.75 Å². The van der Waals surface area contributed by atoms with E-state index in [2.05, 4.69) is 11.8 Å². The van der Waals surface area contributed by atoms with Gasteiger partial charge in [0, 0.05) is 13.1 Å². The third-order valence-electron chi connectivity index (χ3n) is 3.60. The van der Waals surface area contributed by atoms with Crippen LogP contribution in [0, 0.1) is 0 Å². The minimum Gasteiger partial charge on any atom is -0.494 e. The Balaban J connectivity index is 1.99. The van der Waals surface area contributed by atoms with Gasteiger partial charge < -0.3 is 15.2 Å². The molecule has 0 radical (unpaired) electrons. The highest BCUT2D eigenvalue weighted by Crippen LogP contribution is 2.22. The lowest BCUT2D eigenvalue weighted by atomic mass is 10.0. The number of rotatable bonds is 5. The Bertz CT molecular complexity index is 380. The SMILES string of the molecule is CCOc1ccc(C(N)C2CN(CC)CCO2)cc1. The summed E-state index contributed by atoms with van der Waals surface area (Å²) < 4.78 is 11.2. The molecular weight excluding hydrogens is 240 g/mol. The number of hydrogen-bond donors (Lipinski definition) is 1. The highest BCUT2D eigenvalue weighted by Gasteiger charge is 2.26. The van der Waals surface area contributed by atoms with Crippen molar-refractivity contribution in [2.24, 2.45) is 5.73 Å². The minimum absolute atomic E-state index is 0.0756. The van der Waals surface area contributed by atoms with Gasteiger partial charge in [0.2, 0.25) is 0 Å². The maximum atomic E-state index is 6.32. The number of hydrogen-bond acceptors (Lipinski definition) is 4. The predicted molar refractivity (Wildman–Crippen MR) is 76.4 cm³/mol. The molecule has 1 heterocycles. The number of morpholine rings is 1. The molecule has 0 saturated carbocycles. The average molecular weight is 264 g/mol. The fourth-order valence-electron chi connectivity index (χ4n) is 2.40. The maximum absolute atomic E-state index is 6.32. The summed E-state index contributed by atoms with van der Waals surface area (Å²) in [6.07, 6.45) is 0.0756. The summed E-state index contributed by atoms with van der Waals surface area (Å²) in [5.41, 5.74) is 7.42. The van der Waals surface area contributed by atoms with Crippen LogP contribution in [-0.2, 0) is 4.74 Å². The molecule has 19 heavy (non-hydrogen) atoms. The Kier molecular flexibility index (Phi) is 5.19. The molecule has 2 N–H and O–H groups in total. The van der Waals surface area contributed by atoms with Gasteiger partial charge in [0.15, 0.2) is 0 Å². The normalized spacial score (nSPS) is 22.2. The fraction of sp³-hybridized carbons (Fsp3) is 0.600. The van der Waals surface area contributed by atoms with Gasteiger partial charge in [-0.2, -0.15) is 0 Å². The maximum Gasteiger partial charge on any atom is 0.119 e. The smallest absolute Gasteiger partial charge is 0.119 e. The van der Waals surface area contributed by atoms with E-state index >= 15 is 0 Å². The van der Waals surface area contributed by atoms with Crippen LogP contribution >= 0.6 is 0 Å². The molecule has 0 bridgehead atoms. The van der Waals surface area contributed by atoms with Gasteiger partial charge in [-0.1, -0.05) is 19.1 Å². The molecule has 1 saturated heterocycles. The zero-order valence-electron chi connectivity index (χ0n) is 11.8. The molecule has 0 aliphatic carbocycles. The molecule has 2 atom stereocenters. The van der Waals surface area contributed by atoms with Crippen LogP contribution < -0.4 is 10.5 Å². The second-order valence-corrected chi connectivity index (χ2v) is 4.83. The third-order valence-corrected chi connectivity index (χ3v) is 3.60. The molecule has 4 heteroatoms. The number of nitrogens with zero attached hydrogens (tertiary/aromatic N) is 1. The summed E-state index contributed by atoms with van der Waals surface area (Å²) in [6.45, 7) is 8.56. The van der Waals surface area contributed by atoms with Crippen molar-refractivity contribution in [3.8, 4) is 5.75 Å². The van der Waals surface area contributed by atoms with E-state index in [1.54, 1.807) is 0 Å². The van der Waals surface area contributed by atoms with Crippen molar-refractivity contribution in [3.63, 3.8) is 0 Å². The van der Waals surface area contributed by atoms with Crippen LogP contribution in [0.1, 0.15) is 25.5 Å². The van der Waals surface area contributed by atoms with Crippen LogP contribution in [0.3, 0.4) is 0 Å². The summed E-state index contributed by atoms with van der Waals surface area (Å²) in [7, 11) is 0. The van der Waals surface area contributed by atoms with Crippen LogP contribution in [0.4, 0.5) is 0 Å². The predicted octanol–water partition coefficient (Wildman–Crippen LogP) is 1.81. The van der Waals surface area contributed by atoms with E-state index in [0.717, 1.165) is 37.6 Å². The van der Waals surface area contributed by atoms with Gasteiger partial charge in [0.05, 0.1) is 25.4 Å². The molecule has 1 aliphatic rings. The van der Waals surface area contributed by atoms with Crippen molar-refractivity contribution in [1.82, 2.24) is 4.90 Å². The van der Waals surface area contributed by atoms with E-state index in [4.69, 9.17) is 15.2 Å². The standard InChI is InChI=1S/C15H24N2O2/c1-3-17-9-10-19-14(11-17)15(16)12-5-7-13(8-6-12)18-4-2/h5-8,14-15H,3-4,9-11,16H2,1-2H3. The lowest BCUT2D eigenvalue weighted by Crippen LogP contribution is -2.46. The van der Waals surface area contributed by atoms with Gasteiger partial charge in [-0.25, -0.2) is 0 Å². The molecule has 4 nitrogen and oxygen atoms in total. The zero-order valence-corrected chi connectivity index (χ0v) is 11.8. The van der Waals surface area contributed by atoms with Crippen molar-refractivity contribution in [2.45, 2.75) is 26.0 Å². The zero-order chi connectivity index (χ0) is 13.7. The monoisotopic (exact) mass is 264 g/mol. The van der Waals surface area contributed by atoms with E-state index < -0.39 is 0 Å². The van der Waals surface area contributed by atoms with Gasteiger partial charge in [0.25, 0.3) is 0 Å². The molecule has 106 valence electrons. The number of benzene rings is 1. The van der Waals surface area contributed by atoms with Crippen LogP contribution in [0.2, 0.25) is 0 Å². The second kappa shape index (κ2) is 6.89. The molecule has 2 rings (SSSR count). The largest absolute Gasteiger partial charge is 0.494 e. The van der Waals surface area contributed by atoms with Gasteiger partial charge in [-0.15, -0.1) is 0 Å². The average Bonchev–Trinajstić information content (AvgIpc) is 2.48. The highest BCUT2D eigenvalue weighted by atomic mass is 16.5. The molecule has 2 unspecified atom stereocenters. The summed E-state index contributed by atoms with van der Waals surface area (Å²) in [4.78, 5) is 2.38. The molecule has 1 fully saturated rings. The number of ether oxygens (including phenoxy) is 2. The van der Waals surface area contributed by atoms with E-state index in [1.807, 2.05) is 31.2 Å². The van der Waals surface area contributed by atoms with Crippen molar-refractivity contribution in [3.05, 3.63) is 29.8 Å². The first-order chi connectivity index (χ1) is 9.24. The van der Waals surface area contributed by atoms with Crippen molar-refractivity contribution >= 4 is 0 Å². The van der Waals surface area contributed by atoms with Gasteiger partial charge >= 0.3 is 0 Å². The first-order valence-corrected chi connectivity index (χ1v) is 7.07. The molecule has 0 aromatic heterocycles. The fourth-order valence-corrected chi connectivity index (χ4v) is 2.40. The topological polar surface area (TPSA) is 47.7 Å². The van der Waals surface area contributed by atoms with E-state index in [0.29, 0.717) is 6.61 Å². The molecule has 1 aromatic rings. The van der Waals surface area contributed by atoms with E-state index in [-0.39, 0.29) is 12.1 Å². The first-order valence-electron chi connectivity index (χ1n) is 7.07. The Morgan fingerprint density at radius 2 is 2.11 bits per heavy atom. The molecule has 1 aromatic carbocycles. The molecular formula is C15H24N2O2. The van der Waals surface area contributed by atoms with E-state index in [1.165, 1.54) is 0 Å². The van der Waals surface area contributed by atoms with Crippen LogP contribution in [0.15, 0.2) is 24.3 Å². The number of likely N-dealkylation sites (N-methyl/N-ethyl adjacent to an activating group) is 1. The molecule has 1 aliphatic heterocycles. The Hall–Kier alpha value is -1.10. The minimum atomic E-state index is -0.0787. The van der Waals surface area contributed by atoms with Crippen molar-refractivity contribution in [1.29, 1.82) is 0 Å².